The summed E-state index contributed by atoms with van der Waals surface area (Å²) in [6, 6.07) is 19.3. The Labute approximate surface area is 136 Å². The normalized spacial score (nSPS) is 11.8. The second-order valence-electron chi connectivity index (χ2n) is 4.41. The van der Waals surface area contributed by atoms with Crippen LogP contribution in [0.1, 0.15) is 0 Å². The highest BCUT2D eigenvalue weighted by Gasteiger charge is 2.29. The van der Waals surface area contributed by atoms with Gasteiger partial charge in [0.05, 0.1) is 0 Å². The van der Waals surface area contributed by atoms with E-state index in [4.69, 9.17) is 0 Å². The summed E-state index contributed by atoms with van der Waals surface area (Å²) in [5.41, 5.74) is 0. The summed E-state index contributed by atoms with van der Waals surface area (Å²) >= 11 is 6.92. The zero-order valence-corrected chi connectivity index (χ0v) is 14.9. The van der Waals surface area contributed by atoms with Crippen LogP contribution in [-0.2, 0) is 4.57 Å². The molecule has 0 aliphatic heterocycles. The molecule has 106 valence electrons. The van der Waals surface area contributed by atoms with Gasteiger partial charge >= 0.3 is 0 Å². The van der Waals surface area contributed by atoms with E-state index in [2.05, 4.69) is 36.9 Å². The van der Waals surface area contributed by atoms with Crippen molar-refractivity contribution < 1.29 is 4.57 Å². The molecule has 20 heavy (non-hydrogen) atoms. The largest absolute Gasteiger partial charge is 0.297 e. The molecule has 0 aromatic heterocycles. The lowest BCUT2D eigenvalue weighted by molar-refractivity contribution is 0.572. The molecular formula is C15H16Br2NOP. The van der Waals surface area contributed by atoms with E-state index in [-0.39, 0.29) is 6.04 Å². The van der Waals surface area contributed by atoms with Gasteiger partial charge in [-0.25, -0.2) is 0 Å². The highest BCUT2D eigenvalue weighted by molar-refractivity contribution is 9.09. The Kier molecular flexibility index (Phi) is 6.03. The molecule has 0 aliphatic carbocycles. The molecule has 1 N–H and O–H groups in total. The lowest BCUT2D eigenvalue weighted by Gasteiger charge is -2.24. The first-order valence-corrected chi connectivity index (χ1v) is 10.3. The van der Waals surface area contributed by atoms with Crippen molar-refractivity contribution >= 4 is 49.8 Å². The van der Waals surface area contributed by atoms with Crippen LogP contribution in [-0.4, -0.2) is 16.7 Å². The van der Waals surface area contributed by atoms with Crippen molar-refractivity contribution in [1.82, 2.24) is 5.09 Å². The van der Waals surface area contributed by atoms with Crippen molar-refractivity contribution in [2.45, 2.75) is 6.04 Å². The quantitative estimate of drug-likeness (QED) is 0.575. The van der Waals surface area contributed by atoms with E-state index >= 15 is 0 Å². The Morgan fingerprint density at radius 1 is 0.850 bits per heavy atom. The van der Waals surface area contributed by atoms with Crippen molar-refractivity contribution in [1.29, 1.82) is 0 Å². The summed E-state index contributed by atoms with van der Waals surface area (Å²) in [5.74, 6) is 0. The van der Waals surface area contributed by atoms with E-state index < -0.39 is 7.29 Å². The maximum atomic E-state index is 13.6. The van der Waals surface area contributed by atoms with E-state index in [0.717, 1.165) is 21.3 Å². The van der Waals surface area contributed by atoms with Gasteiger partial charge in [-0.15, -0.1) is 0 Å². The molecule has 2 rings (SSSR count). The van der Waals surface area contributed by atoms with E-state index in [1.54, 1.807) is 0 Å². The molecule has 2 aromatic carbocycles. The Bertz CT molecular complexity index is 529. The second kappa shape index (κ2) is 7.56. The summed E-state index contributed by atoms with van der Waals surface area (Å²) in [6.45, 7) is 0. The van der Waals surface area contributed by atoms with Crippen LogP contribution in [0.25, 0.3) is 0 Å². The first-order valence-electron chi connectivity index (χ1n) is 6.31. The van der Waals surface area contributed by atoms with Gasteiger partial charge in [0.1, 0.15) is 0 Å². The number of benzene rings is 2. The van der Waals surface area contributed by atoms with Gasteiger partial charge in [-0.05, 0) is 24.3 Å². The average molecular weight is 417 g/mol. The SMILES string of the molecule is O=P(NC(CBr)CBr)(c1ccccc1)c1ccccc1. The highest BCUT2D eigenvalue weighted by atomic mass is 79.9. The summed E-state index contributed by atoms with van der Waals surface area (Å²) in [5, 5.41) is 6.46. The van der Waals surface area contributed by atoms with Gasteiger partial charge in [-0.1, -0.05) is 68.3 Å². The third kappa shape index (κ3) is 3.62. The Balaban J connectivity index is 2.47. The minimum atomic E-state index is -2.82. The Hall–Kier alpha value is -0.410. The molecule has 0 amide bonds. The van der Waals surface area contributed by atoms with Crippen LogP contribution < -0.4 is 15.7 Å². The van der Waals surface area contributed by atoms with Crippen LogP contribution in [0, 0.1) is 0 Å². The van der Waals surface area contributed by atoms with Crippen LogP contribution in [0.3, 0.4) is 0 Å². The topological polar surface area (TPSA) is 29.1 Å². The van der Waals surface area contributed by atoms with Crippen molar-refractivity contribution in [3.63, 3.8) is 0 Å². The van der Waals surface area contributed by atoms with Gasteiger partial charge in [-0.3, -0.25) is 9.65 Å². The fourth-order valence-electron chi connectivity index (χ4n) is 1.94. The molecule has 0 unspecified atom stereocenters. The number of alkyl halides is 2. The molecule has 0 atom stereocenters. The van der Waals surface area contributed by atoms with Gasteiger partial charge in [0.25, 0.3) is 0 Å². The maximum absolute atomic E-state index is 13.6. The predicted octanol–water partition coefficient (Wildman–Crippen LogP) is 3.66. The van der Waals surface area contributed by atoms with Gasteiger partial charge in [0.15, 0.2) is 0 Å². The lowest BCUT2D eigenvalue weighted by Crippen LogP contribution is -2.37. The standard InChI is InChI=1S/C15H16Br2NOP/c16-11-13(12-17)18-20(19,14-7-3-1-4-8-14)15-9-5-2-6-10-15/h1-10,13H,11-12H2,(H,18,19). The molecule has 0 fully saturated rings. The number of rotatable bonds is 6. The van der Waals surface area contributed by atoms with Gasteiger partial charge in [-0.2, -0.15) is 0 Å². The molecule has 0 spiro atoms. The number of halogens is 2. The molecule has 0 radical (unpaired) electrons. The van der Waals surface area contributed by atoms with E-state index in [9.17, 15) is 4.57 Å². The molecular weight excluding hydrogens is 401 g/mol. The van der Waals surface area contributed by atoms with Crippen LogP contribution >= 0.6 is 39.2 Å². The molecule has 2 nitrogen and oxygen atoms in total. The van der Waals surface area contributed by atoms with E-state index in [1.165, 1.54) is 0 Å². The van der Waals surface area contributed by atoms with Crippen LogP contribution in [0.2, 0.25) is 0 Å². The molecule has 2 aromatic rings. The van der Waals surface area contributed by atoms with Gasteiger partial charge in [0.2, 0.25) is 7.29 Å². The van der Waals surface area contributed by atoms with Crippen molar-refractivity contribution in [2.75, 3.05) is 10.7 Å². The molecule has 0 heterocycles. The van der Waals surface area contributed by atoms with Crippen LogP contribution in [0.5, 0.6) is 0 Å². The first-order chi connectivity index (χ1) is 9.70. The van der Waals surface area contributed by atoms with E-state index in [1.807, 2.05) is 60.7 Å². The molecule has 0 saturated carbocycles. The zero-order valence-electron chi connectivity index (χ0n) is 10.9. The van der Waals surface area contributed by atoms with Gasteiger partial charge in [0, 0.05) is 27.3 Å². The number of hydrogen-bond donors (Lipinski definition) is 1. The fraction of sp³-hybridized carbons (Fsp3) is 0.200. The molecule has 0 bridgehead atoms. The van der Waals surface area contributed by atoms with Crippen molar-refractivity contribution in [2.24, 2.45) is 0 Å². The zero-order chi connectivity index (χ0) is 14.4. The van der Waals surface area contributed by atoms with Crippen LogP contribution in [0.4, 0.5) is 0 Å². The fourth-order valence-corrected chi connectivity index (χ4v) is 6.31. The smallest absolute Gasteiger partial charge is 0.204 e. The summed E-state index contributed by atoms with van der Waals surface area (Å²) in [7, 11) is -2.82. The monoisotopic (exact) mass is 415 g/mol. The number of nitrogens with one attached hydrogen (secondary N) is 1. The second-order valence-corrected chi connectivity index (χ2v) is 8.22. The minimum Gasteiger partial charge on any atom is -0.297 e. The third-order valence-corrected chi connectivity index (χ3v) is 7.32. The third-order valence-electron chi connectivity index (χ3n) is 2.98. The first kappa shape index (κ1) is 16.0. The summed E-state index contributed by atoms with van der Waals surface area (Å²) in [4.78, 5) is 0. The minimum absolute atomic E-state index is 0.0984. The van der Waals surface area contributed by atoms with Crippen molar-refractivity contribution in [3.05, 3.63) is 60.7 Å². The summed E-state index contributed by atoms with van der Waals surface area (Å²) < 4.78 is 13.6. The summed E-state index contributed by atoms with van der Waals surface area (Å²) in [6.07, 6.45) is 0. The molecule has 5 heteroatoms. The lowest BCUT2D eigenvalue weighted by atomic mass is 10.4. The highest BCUT2D eigenvalue weighted by Crippen LogP contribution is 2.39. The van der Waals surface area contributed by atoms with Crippen molar-refractivity contribution in [3.8, 4) is 0 Å². The van der Waals surface area contributed by atoms with Crippen LogP contribution in [0.15, 0.2) is 60.7 Å². The maximum Gasteiger partial charge on any atom is 0.204 e. The van der Waals surface area contributed by atoms with E-state index in [0.29, 0.717) is 0 Å². The Morgan fingerprint density at radius 3 is 1.60 bits per heavy atom. The van der Waals surface area contributed by atoms with Gasteiger partial charge < -0.3 is 0 Å². The molecule has 0 aliphatic rings. The average Bonchev–Trinajstić information content (AvgIpc) is 2.54. The predicted molar refractivity (Wildman–Crippen MR) is 94.3 cm³/mol. The number of hydrogen-bond acceptors (Lipinski definition) is 1. The molecule has 0 saturated heterocycles. The Morgan fingerprint density at radius 2 is 1.25 bits per heavy atom.